The number of nitrogens with zero attached hydrogens (tertiary/aromatic N) is 3. The van der Waals surface area contributed by atoms with Gasteiger partial charge in [0, 0.05) is 44.4 Å². The minimum Gasteiger partial charge on any atom is -0.372 e. The molecule has 1 aromatic carbocycles. The Morgan fingerprint density at radius 1 is 1.04 bits per heavy atom. The highest BCUT2D eigenvalue weighted by Crippen LogP contribution is 2.21. The molecule has 24 heavy (non-hydrogen) atoms. The van der Waals surface area contributed by atoms with Gasteiger partial charge in [0.25, 0.3) is 5.91 Å². The van der Waals surface area contributed by atoms with Gasteiger partial charge in [-0.1, -0.05) is 12.8 Å². The largest absolute Gasteiger partial charge is 0.372 e. The van der Waals surface area contributed by atoms with E-state index in [0.29, 0.717) is 18.6 Å². The van der Waals surface area contributed by atoms with Gasteiger partial charge in [0.2, 0.25) is 5.91 Å². The standard InChI is InChI=1S/C18H24N4O2/c1-21-17(23)11-10-16(20-21)18(24)19-14-6-8-15(9-7-14)22-12-4-2-3-5-13-22/h6-9H,2-5,10-13H2,1H3,(H,19,24). The second kappa shape index (κ2) is 7.47. The molecule has 0 unspecified atom stereocenters. The van der Waals surface area contributed by atoms with Crippen LogP contribution in [0, 0.1) is 0 Å². The lowest BCUT2D eigenvalue weighted by Crippen LogP contribution is -2.34. The van der Waals surface area contributed by atoms with Crippen molar-refractivity contribution in [1.29, 1.82) is 0 Å². The minimum atomic E-state index is -0.239. The molecule has 1 aromatic rings. The number of hydrazone groups is 1. The summed E-state index contributed by atoms with van der Waals surface area (Å²) < 4.78 is 0. The third-order valence-corrected chi connectivity index (χ3v) is 4.57. The van der Waals surface area contributed by atoms with Gasteiger partial charge in [-0.15, -0.1) is 0 Å². The molecule has 3 rings (SSSR count). The van der Waals surface area contributed by atoms with Crippen LogP contribution in [0.5, 0.6) is 0 Å². The molecule has 1 N–H and O–H groups in total. The first-order valence-electron chi connectivity index (χ1n) is 8.64. The quantitative estimate of drug-likeness (QED) is 0.927. The molecule has 0 radical (unpaired) electrons. The average Bonchev–Trinajstić information content (AvgIpc) is 2.87. The first-order valence-corrected chi connectivity index (χ1v) is 8.64. The second-order valence-electron chi connectivity index (χ2n) is 6.37. The zero-order chi connectivity index (χ0) is 16.9. The van der Waals surface area contributed by atoms with Crippen LogP contribution in [0.2, 0.25) is 0 Å². The van der Waals surface area contributed by atoms with E-state index in [1.165, 1.54) is 36.4 Å². The fourth-order valence-corrected chi connectivity index (χ4v) is 3.12. The van der Waals surface area contributed by atoms with Gasteiger partial charge in [-0.05, 0) is 37.1 Å². The van der Waals surface area contributed by atoms with E-state index >= 15 is 0 Å². The summed E-state index contributed by atoms with van der Waals surface area (Å²) in [7, 11) is 1.57. The molecule has 6 heteroatoms. The van der Waals surface area contributed by atoms with Crippen LogP contribution in [-0.2, 0) is 9.59 Å². The molecule has 0 aliphatic carbocycles. The maximum atomic E-state index is 12.3. The Kier molecular flexibility index (Phi) is 5.13. The van der Waals surface area contributed by atoms with Crippen molar-refractivity contribution >= 4 is 28.9 Å². The maximum Gasteiger partial charge on any atom is 0.271 e. The highest BCUT2D eigenvalue weighted by Gasteiger charge is 2.22. The summed E-state index contributed by atoms with van der Waals surface area (Å²) in [5, 5.41) is 8.14. The Balaban J connectivity index is 1.62. The fraction of sp³-hybridized carbons (Fsp3) is 0.500. The Morgan fingerprint density at radius 2 is 1.71 bits per heavy atom. The number of carbonyl (C=O) groups excluding carboxylic acids is 2. The molecular formula is C18H24N4O2. The van der Waals surface area contributed by atoms with Crippen LogP contribution in [0.3, 0.4) is 0 Å². The Labute approximate surface area is 142 Å². The van der Waals surface area contributed by atoms with Crippen molar-refractivity contribution < 1.29 is 9.59 Å². The molecule has 2 heterocycles. The number of rotatable bonds is 3. The molecule has 1 fully saturated rings. The molecule has 128 valence electrons. The maximum absolute atomic E-state index is 12.3. The van der Waals surface area contributed by atoms with Gasteiger partial charge in [0.1, 0.15) is 5.71 Å². The van der Waals surface area contributed by atoms with Gasteiger partial charge in [0.15, 0.2) is 0 Å². The first-order chi connectivity index (χ1) is 11.6. The summed E-state index contributed by atoms with van der Waals surface area (Å²) >= 11 is 0. The van der Waals surface area contributed by atoms with Crippen molar-refractivity contribution in [2.75, 3.05) is 30.4 Å². The fourth-order valence-electron chi connectivity index (χ4n) is 3.12. The molecule has 0 aromatic heterocycles. The van der Waals surface area contributed by atoms with E-state index in [1.54, 1.807) is 7.05 Å². The van der Waals surface area contributed by atoms with Crippen molar-refractivity contribution in [2.24, 2.45) is 5.10 Å². The number of carbonyl (C=O) groups is 2. The van der Waals surface area contributed by atoms with Gasteiger partial charge in [-0.2, -0.15) is 5.10 Å². The number of hydrogen-bond acceptors (Lipinski definition) is 4. The highest BCUT2D eigenvalue weighted by molar-refractivity contribution is 6.43. The number of hydrogen-bond donors (Lipinski definition) is 1. The molecule has 6 nitrogen and oxygen atoms in total. The van der Waals surface area contributed by atoms with Crippen LogP contribution in [0.4, 0.5) is 11.4 Å². The number of amides is 2. The van der Waals surface area contributed by atoms with Crippen LogP contribution < -0.4 is 10.2 Å². The Morgan fingerprint density at radius 3 is 2.33 bits per heavy atom. The van der Waals surface area contributed by atoms with Crippen LogP contribution in [0.25, 0.3) is 0 Å². The third-order valence-electron chi connectivity index (χ3n) is 4.57. The summed E-state index contributed by atoms with van der Waals surface area (Å²) in [6, 6.07) is 7.96. The van der Waals surface area contributed by atoms with E-state index in [1.807, 2.05) is 12.1 Å². The van der Waals surface area contributed by atoms with E-state index in [-0.39, 0.29) is 11.8 Å². The molecule has 0 bridgehead atoms. The van der Waals surface area contributed by atoms with Gasteiger partial charge in [-0.3, -0.25) is 9.59 Å². The molecule has 0 saturated carbocycles. The van der Waals surface area contributed by atoms with Crippen LogP contribution in [-0.4, -0.2) is 42.7 Å². The minimum absolute atomic E-state index is 0.0617. The van der Waals surface area contributed by atoms with Crippen LogP contribution in [0.15, 0.2) is 29.4 Å². The Bertz CT molecular complexity index is 631. The van der Waals surface area contributed by atoms with E-state index < -0.39 is 0 Å². The lowest BCUT2D eigenvalue weighted by molar-refractivity contribution is -0.130. The van der Waals surface area contributed by atoms with Crippen molar-refractivity contribution in [3.8, 4) is 0 Å². The first kappa shape index (κ1) is 16.5. The highest BCUT2D eigenvalue weighted by atomic mass is 16.2. The second-order valence-corrected chi connectivity index (χ2v) is 6.37. The van der Waals surface area contributed by atoms with E-state index in [2.05, 4.69) is 27.5 Å². The summed E-state index contributed by atoms with van der Waals surface area (Å²) in [4.78, 5) is 26.1. The zero-order valence-corrected chi connectivity index (χ0v) is 14.1. The predicted octanol–water partition coefficient (Wildman–Crippen LogP) is 2.61. The molecule has 2 aliphatic heterocycles. The number of nitrogens with one attached hydrogen (secondary N) is 1. The van der Waals surface area contributed by atoms with E-state index in [9.17, 15) is 9.59 Å². The summed E-state index contributed by atoms with van der Waals surface area (Å²) in [6.07, 6.45) is 5.82. The SMILES string of the molecule is CN1N=C(C(=O)Nc2ccc(N3CCCCCC3)cc2)CCC1=O. The van der Waals surface area contributed by atoms with Gasteiger partial charge in [-0.25, -0.2) is 5.01 Å². The lowest BCUT2D eigenvalue weighted by atomic mass is 10.1. The van der Waals surface area contributed by atoms with Gasteiger partial charge >= 0.3 is 0 Å². The predicted molar refractivity (Wildman–Crippen MR) is 95.2 cm³/mol. The summed E-state index contributed by atoms with van der Waals surface area (Å²) in [5.41, 5.74) is 2.35. The molecule has 2 aliphatic rings. The molecule has 0 spiro atoms. The molecular weight excluding hydrogens is 304 g/mol. The van der Waals surface area contributed by atoms with Crippen LogP contribution >= 0.6 is 0 Å². The van der Waals surface area contributed by atoms with Crippen molar-refractivity contribution in [1.82, 2.24) is 5.01 Å². The third kappa shape index (κ3) is 3.93. The lowest BCUT2D eigenvalue weighted by Gasteiger charge is -2.23. The van der Waals surface area contributed by atoms with E-state index in [0.717, 1.165) is 18.8 Å². The average molecular weight is 328 g/mol. The summed E-state index contributed by atoms with van der Waals surface area (Å²) in [6.45, 7) is 2.20. The normalized spacial score (nSPS) is 18.9. The van der Waals surface area contributed by atoms with E-state index in [4.69, 9.17) is 0 Å². The topological polar surface area (TPSA) is 65.0 Å². The Hall–Kier alpha value is -2.37. The van der Waals surface area contributed by atoms with Crippen molar-refractivity contribution in [2.45, 2.75) is 38.5 Å². The van der Waals surface area contributed by atoms with Crippen molar-refractivity contribution in [3.05, 3.63) is 24.3 Å². The number of anilines is 2. The van der Waals surface area contributed by atoms with Crippen molar-refractivity contribution in [3.63, 3.8) is 0 Å². The zero-order valence-electron chi connectivity index (χ0n) is 14.1. The smallest absolute Gasteiger partial charge is 0.271 e. The van der Waals surface area contributed by atoms with Gasteiger partial charge in [0.05, 0.1) is 0 Å². The number of benzene rings is 1. The molecule has 2 amide bonds. The van der Waals surface area contributed by atoms with Gasteiger partial charge < -0.3 is 10.2 Å². The molecule has 1 saturated heterocycles. The monoisotopic (exact) mass is 328 g/mol. The van der Waals surface area contributed by atoms with Crippen LogP contribution in [0.1, 0.15) is 38.5 Å². The molecule has 0 atom stereocenters. The summed E-state index contributed by atoms with van der Waals surface area (Å²) in [5.74, 6) is -0.301.